The summed E-state index contributed by atoms with van der Waals surface area (Å²) in [6.07, 6.45) is 7.92. The van der Waals surface area contributed by atoms with Gasteiger partial charge in [0, 0.05) is 0 Å². The molecular formula is C13H22S. The molecule has 0 N–H and O–H groups in total. The van der Waals surface area contributed by atoms with Crippen molar-refractivity contribution in [2.75, 3.05) is 0 Å². The third-order valence-corrected chi connectivity index (χ3v) is 4.47. The summed E-state index contributed by atoms with van der Waals surface area (Å²) in [5, 5.41) is 0. The molecule has 1 heteroatoms. The van der Waals surface area contributed by atoms with Crippen LogP contribution in [0.3, 0.4) is 0 Å². The van der Waals surface area contributed by atoms with Crippen LogP contribution in [0.1, 0.15) is 59.3 Å². The average molecular weight is 210 g/mol. The molecule has 14 heavy (non-hydrogen) atoms. The lowest BCUT2D eigenvalue weighted by atomic mass is 9.64. The second-order valence-corrected chi connectivity index (χ2v) is 5.54. The summed E-state index contributed by atoms with van der Waals surface area (Å²) in [6.45, 7) is 6.40. The second-order valence-electron chi connectivity index (χ2n) is 4.64. The molecule has 1 unspecified atom stereocenters. The van der Waals surface area contributed by atoms with Gasteiger partial charge in [-0.25, -0.2) is 0 Å². The first-order valence-electron chi connectivity index (χ1n) is 5.74. The summed E-state index contributed by atoms with van der Waals surface area (Å²) in [4.78, 5) is 0. The van der Waals surface area contributed by atoms with Gasteiger partial charge in [0.2, 0.25) is 0 Å². The van der Waals surface area contributed by atoms with Gasteiger partial charge in [-0.1, -0.05) is 32.1 Å². The molecule has 0 radical (unpaired) electrons. The van der Waals surface area contributed by atoms with E-state index < -0.39 is 0 Å². The average Bonchev–Trinajstić information content (AvgIpc) is 2.18. The molecule has 1 fully saturated rings. The SMILES string of the molecule is CC#CC(C)(S)C1(CC)CCCCC1. The van der Waals surface area contributed by atoms with Gasteiger partial charge >= 0.3 is 0 Å². The molecule has 0 heterocycles. The molecule has 0 spiro atoms. The van der Waals surface area contributed by atoms with Crippen molar-refractivity contribution in [3.05, 3.63) is 0 Å². The number of hydrogen-bond acceptors (Lipinski definition) is 1. The second kappa shape index (κ2) is 4.62. The first kappa shape index (κ1) is 12.0. The van der Waals surface area contributed by atoms with Gasteiger partial charge in [-0.15, -0.1) is 5.92 Å². The maximum absolute atomic E-state index is 4.80. The lowest BCUT2D eigenvalue weighted by Gasteiger charge is -2.45. The molecule has 0 bridgehead atoms. The minimum atomic E-state index is -0.100. The van der Waals surface area contributed by atoms with Gasteiger partial charge < -0.3 is 0 Å². The minimum Gasteiger partial charge on any atom is -0.159 e. The standard InChI is InChI=1S/C13H22S/c1-4-9-12(3,14)13(5-2)10-7-6-8-11-13/h14H,5-8,10-11H2,1-3H3. The van der Waals surface area contributed by atoms with Gasteiger partial charge in [0.1, 0.15) is 0 Å². The zero-order valence-corrected chi connectivity index (χ0v) is 10.6. The topological polar surface area (TPSA) is 0 Å². The molecule has 0 amide bonds. The summed E-state index contributed by atoms with van der Waals surface area (Å²) < 4.78 is -0.100. The smallest absolute Gasteiger partial charge is 0.0763 e. The van der Waals surface area contributed by atoms with Crippen LogP contribution in [0.4, 0.5) is 0 Å². The van der Waals surface area contributed by atoms with E-state index in [-0.39, 0.29) is 4.75 Å². The van der Waals surface area contributed by atoms with Crippen LogP contribution in [0.15, 0.2) is 0 Å². The van der Waals surface area contributed by atoms with E-state index in [1.807, 2.05) is 6.92 Å². The van der Waals surface area contributed by atoms with Crippen LogP contribution in [-0.2, 0) is 0 Å². The molecule has 1 rings (SSSR count). The molecule has 1 aliphatic carbocycles. The molecule has 1 saturated carbocycles. The van der Waals surface area contributed by atoms with Gasteiger partial charge in [-0.3, -0.25) is 0 Å². The zero-order chi connectivity index (χ0) is 10.7. The maximum Gasteiger partial charge on any atom is 0.0763 e. The first-order chi connectivity index (χ1) is 6.58. The van der Waals surface area contributed by atoms with Crippen LogP contribution in [-0.4, -0.2) is 4.75 Å². The van der Waals surface area contributed by atoms with Gasteiger partial charge in [0.15, 0.2) is 0 Å². The predicted molar refractivity (Wildman–Crippen MR) is 66.7 cm³/mol. The number of thiol groups is 1. The monoisotopic (exact) mass is 210 g/mol. The molecule has 0 nitrogen and oxygen atoms in total. The van der Waals surface area contributed by atoms with Crippen molar-refractivity contribution in [1.82, 2.24) is 0 Å². The highest BCUT2D eigenvalue weighted by Crippen LogP contribution is 2.50. The largest absolute Gasteiger partial charge is 0.159 e. The Balaban J connectivity index is 2.90. The summed E-state index contributed by atoms with van der Waals surface area (Å²) in [6, 6.07) is 0. The molecule has 0 aromatic rings. The van der Waals surface area contributed by atoms with E-state index in [1.165, 1.54) is 38.5 Å². The lowest BCUT2D eigenvalue weighted by molar-refractivity contribution is 0.154. The van der Waals surface area contributed by atoms with Crippen LogP contribution in [0, 0.1) is 17.3 Å². The molecule has 0 aromatic carbocycles. The predicted octanol–water partition coefficient (Wildman–Crippen LogP) is 4.06. The van der Waals surface area contributed by atoms with Gasteiger partial charge in [-0.05, 0) is 38.5 Å². The Morgan fingerprint density at radius 2 is 1.86 bits per heavy atom. The summed E-state index contributed by atoms with van der Waals surface area (Å²) >= 11 is 4.80. The summed E-state index contributed by atoms with van der Waals surface area (Å²) in [7, 11) is 0. The minimum absolute atomic E-state index is 0.100. The lowest BCUT2D eigenvalue weighted by Crippen LogP contribution is -2.41. The Bertz CT molecular complexity index is 236. The summed E-state index contributed by atoms with van der Waals surface area (Å²) in [5.74, 6) is 6.34. The van der Waals surface area contributed by atoms with Crippen molar-refractivity contribution in [3.8, 4) is 11.8 Å². The highest BCUT2D eigenvalue weighted by molar-refractivity contribution is 7.82. The van der Waals surface area contributed by atoms with Gasteiger partial charge in [-0.2, -0.15) is 12.6 Å². The van der Waals surface area contributed by atoms with Crippen molar-refractivity contribution in [3.63, 3.8) is 0 Å². The van der Waals surface area contributed by atoms with E-state index in [9.17, 15) is 0 Å². The van der Waals surface area contributed by atoms with Crippen molar-refractivity contribution in [1.29, 1.82) is 0 Å². The highest BCUT2D eigenvalue weighted by Gasteiger charge is 2.43. The third kappa shape index (κ3) is 2.11. The normalized spacial score (nSPS) is 24.6. The van der Waals surface area contributed by atoms with Crippen molar-refractivity contribution in [2.45, 2.75) is 64.0 Å². The van der Waals surface area contributed by atoms with Crippen molar-refractivity contribution < 1.29 is 0 Å². The van der Waals surface area contributed by atoms with Crippen molar-refractivity contribution >= 4 is 12.6 Å². The fourth-order valence-corrected chi connectivity index (χ4v) is 3.28. The van der Waals surface area contributed by atoms with Gasteiger partial charge in [0.25, 0.3) is 0 Å². The summed E-state index contributed by atoms with van der Waals surface area (Å²) in [5.41, 5.74) is 0.359. The van der Waals surface area contributed by atoms with Crippen molar-refractivity contribution in [2.24, 2.45) is 5.41 Å². The molecule has 1 atom stereocenters. The van der Waals surface area contributed by atoms with Crippen LogP contribution in [0.25, 0.3) is 0 Å². The van der Waals surface area contributed by atoms with E-state index in [4.69, 9.17) is 12.6 Å². The van der Waals surface area contributed by atoms with E-state index in [0.717, 1.165) is 0 Å². The van der Waals surface area contributed by atoms with Crippen LogP contribution in [0.5, 0.6) is 0 Å². The number of rotatable bonds is 2. The Morgan fingerprint density at radius 3 is 2.29 bits per heavy atom. The Labute approximate surface area is 94.3 Å². The van der Waals surface area contributed by atoms with Gasteiger partial charge in [0.05, 0.1) is 4.75 Å². The number of hydrogen-bond donors (Lipinski definition) is 1. The fourth-order valence-electron chi connectivity index (χ4n) is 2.79. The fraction of sp³-hybridized carbons (Fsp3) is 0.846. The quantitative estimate of drug-likeness (QED) is 0.516. The molecule has 80 valence electrons. The highest BCUT2D eigenvalue weighted by atomic mass is 32.1. The van der Waals surface area contributed by atoms with E-state index >= 15 is 0 Å². The molecule has 0 aliphatic heterocycles. The maximum atomic E-state index is 4.80. The molecule has 0 aromatic heterocycles. The zero-order valence-electron chi connectivity index (χ0n) is 9.69. The van der Waals surface area contributed by atoms with E-state index in [2.05, 4.69) is 25.7 Å². The van der Waals surface area contributed by atoms with Crippen LogP contribution < -0.4 is 0 Å². The van der Waals surface area contributed by atoms with E-state index in [1.54, 1.807) is 0 Å². The Morgan fingerprint density at radius 1 is 1.29 bits per heavy atom. The van der Waals surface area contributed by atoms with Crippen LogP contribution in [0.2, 0.25) is 0 Å². The Hall–Kier alpha value is -0.0900. The third-order valence-electron chi connectivity index (χ3n) is 3.89. The van der Waals surface area contributed by atoms with Crippen LogP contribution >= 0.6 is 12.6 Å². The Kier molecular flexibility index (Phi) is 3.95. The van der Waals surface area contributed by atoms with E-state index in [0.29, 0.717) is 5.41 Å². The molecule has 1 aliphatic rings. The first-order valence-corrected chi connectivity index (χ1v) is 6.19. The molecular weight excluding hydrogens is 188 g/mol. The molecule has 0 saturated heterocycles.